The predicted octanol–water partition coefficient (Wildman–Crippen LogP) is 0.0363. The summed E-state index contributed by atoms with van der Waals surface area (Å²) < 4.78 is 26.9. The van der Waals surface area contributed by atoms with Crippen LogP contribution in [0.4, 0.5) is 5.82 Å². The number of likely N-dealkylation sites (N-methyl/N-ethyl adjacent to an activating group) is 1. The molecule has 6 nitrogen and oxygen atoms in total. The van der Waals surface area contributed by atoms with Gasteiger partial charge in [-0.25, -0.2) is 18.1 Å². The summed E-state index contributed by atoms with van der Waals surface area (Å²) in [6, 6.07) is 2.92. The van der Waals surface area contributed by atoms with Crippen molar-refractivity contribution >= 4 is 15.8 Å². The molecule has 0 bridgehead atoms. The van der Waals surface area contributed by atoms with Gasteiger partial charge in [0.25, 0.3) is 0 Å². The van der Waals surface area contributed by atoms with Gasteiger partial charge in [-0.15, -0.1) is 0 Å². The summed E-state index contributed by atoms with van der Waals surface area (Å²) in [6.45, 7) is 1.75. The number of hydrogen-bond donors (Lipinski definition) is 2. The van der Waals surface area contributed by atoms with E-state index in [1.165, 1.54) is 18.3 Å². The number of rotatable bonds is 3. The second-order valence-corrected chi connectivity index (χ2v) is 6.36. The van der Waals surface area contributed by atoms with E-state index in [1.807, 2.05) is 7.05 Å². The van der Waals surface area contributed by atoms with E-state index in [4.69, 9.17) is 5.73 Å². The van der Waals surface area contributed by atoms with Crippen molar-refractivity contribution in [1.29, 1.82) is 0 Å². The zero-order chi connectivity index (χ0) is 13.2. The molecule has 0 aromatic carbocycles. The fraction of sp³-hybridized carbons (Fsp3) is 0.545. The monoisotopic (exact) mass is 270 g/mol. The van der Waals surface area contributed by atoms with E-state index in [1.54, 1.807) is 0 Å². The molecule has 2 rings (SSSR count). The van der Waals surface area contributed by atoms with Crippen molar-refractivity contribution < 1.29 is 8.42 Å². The minimum absolute atomic E-state index is 0.0358. The number of anilines is 1. The lowest BCUT2D eigenvalue weighted by atomic mass is 10.1. The molecule has 1 saturated heterocycles. The lowest BCUT2D eigenvalue weighted by molar-refractivity contribution is 0.242. The van der Waals surface area contributed by atoms with Crippen molar-refractivity contribution in [3.63, 3.8) is 0 Å². The molecular formula is C11H18N4O2S. The van der Waals surface area contributed by atoms with Crippen LogP contribution in [0.1, 0.15) is 12.8 Å². The minimum atomic E-state index is -3.49. The Bertz CT molecular complexity index is 500. The number of piperidine rings is 1. The Balaban J connectivity index is 2.09. The molecule has 1 fully saturated rings. The van der Waals surface area contributed by atoms with Crippen LogP contribution in [0.2, 0.25) is 0 Å². The molecule has 0 aliphatic carbocycles. The standard InChI is InChI=1S/C11H18N4O2S/c1-15-6-2-3-9(8-15)14-18(16,17)10-4-5-11(12)13-7-10/h4-5,7,9,14H,2-3,6,8H2,1H3,(H2,12,13). The van der Waals surface area contributed by atoms with Crippen LogP contribution in [-0.2, 0) is 10.0 Å². The maximum absolute atomic E-state index is 12.1. The average molecular weight is 270 g/mol. The van der Waals surface area contributed by atoms with Crippen LogP contribution >= 0.6 is 0 Å². The number of aromatic nitrogens is 1. The molecule has 1 aliphatic rings. The molecule has 1 aromatic heterocycles. The summed E-state index contributed by atoms with van der Waals surface area (Å²) in [4.78, 5) is 6.08. The van der Waals surface area contributed by atoms with Gasteiger partial charge in [-0.2, -0.15) is 0 Å². The normalized spacial score (nSPS) is 21.9. The molecule has 7 heteroatoms. The molecule has 0 saturated carbocycles. The van der Waals surface area contributed by atoms with Gasteiger partial charge >= 0.3 is 0 Å². The number of hydrogen-bond acceptors (Lipinski definition) is 5. The zero-order valence-electron chi connectivity index (χ0n) is 10.3. The van der Waals surface area contributed by atoms with Crippen LogP contribution in [0.15, 0.2) is 23.2 Å². The molecule has 1 aliphatic heterocycles. The lowest BCUT2D eigenvalue weighted by Gasteiger charge is -2.29. The van der Waals surface area contributed by atoms with E-state index in [-0.39, 0.29) is 10.9 Å². The number of nitrogens with one attached hydrogen (secondary N) is 1. The summed E-state index contributed by atoms with van der Waals surface area (Å²) >= 11 is 0. The summed E-state index contributed by atoms with van der Waals surface area (Å²) in [5.41, 5.74) is 5.44. The summed E-state index contributed by atoms with van der Waals surface area (Å²) in [5.74, 6) is 0.311. The third kappa shape index (κ3) is 3.18. The minimum Gasteiger partial charge on any atom is -0.384 e. The first-order valence-electron chi connectivity index (χ1n) is 5.90. The van der Waals surface area contributed by atoms with Gasteiger partial charge in [-0.05, 0) is 38.6 Å². The maximum atomic E-state index is 12.1. The molecule has 100 valence electrons. The fourth-order valence-electron chi connectivity index (χ4n) is 2.10. The third-order valence-electron chi connectivity index (χ3n) is 3.02. The van der Waals surface area contributed by atoms with Crippen LogP contribution in [0.3, 0.4) is 0 Å². The molecule has 0 amide bonds. The molecule has 18 heavy (non-hydrogen) atoms. The molecule has 1 unspecified atom stereocenters. The van der Waals surface area contributed by atoms with E-state index in [0.717, 1.165) is 25.9 Å². The van der Waals surface area contributed by atoms with E-state index in [9.17, 15) is 8.42 Å². The number of sulfonamides is 1. The van der Waals surface area contributed by atoms with Crippen LogP contribution in [-0.4, -0.2) is 44.5 Å². The van der Waals surface area contributed by atoms with E-state index >= 15 is 0 Å². The first-order chi connectivity index (χ1) is 8.47. The highest BCUT2D eigenvalue weighted by Gasteiger charge is 2.23. The quantitative estimate of drug-likeness (QED) is 0.809. The van der Waals surface area contributed by atoms with Crippen molar-refractivity contribution in [1.82, 2.24) is 14.6 Å². The molecule has 3 N–H and O–H groups in total. The van der Waals surface area contributed by atoms with Gasteiger partial charge in [0.05, 0.1) is 0 Å². The summed E-state index contributed by atoms with van der Waals surface area (Å²) in [6.07, 6.45) is 3.15. The smallest absolute Gasteiger partial charge is 0.242 e. The highest BCUT2D eigenvalue weighted by molar-refractivity contribution is 7.89. The molecular weight excluding hydrogens is 252 g/mol. The second kappa shape index (κ2) is 5.21. The average Bonchev–Trinajstić information content (AvgIpc) is 2.29. The Morgan fingerprint density at radius 2 is 2.28 bits per heavy atom. The van der Waals surface area contributed by atoms with E-state index in [0.29, 0.717) is 5.82 Å². The highest BCUT2D eigenvalue weighted by atomic mass is 32.2. The van der Waals surface area contributed by atoms with Crippen LogP contribution in [0.25, 0.3) is 0 Å². The van der Waals surface area contributed by atoms with Crippen molar-refractivity contribution in [2.24, 2.45) is 0 Å². The summed E-state index contributed by atoms with van der Waals surface area (Å²) in [5, 5.41) is 0. The molecule has 2 heterocycles. The Kier molecular flexibility index (Phi) is 3.84. The number of likely N-dealkylation sites (tertiary alicyclic amines) is 1. The number of pyridine rings is 1. The predicted molar refractivity (Wildman–Crippen MR) is 69.5 cm³/mol. The van der Waals surface area contributed by atoms with Crippen molar-refractivity contribution in [3.8, 4) is 0 Å². The van der Waals surface area contributed by atoms with Crippen LogP contribution in [0.5, 0.6) is 0 Å². The maximum Gasteiger partial charge on any atom is 0.242 e. The number of nitrogens with zero attached hydrogens (tertiary/aromatic N) is 2. The van der Waals surface area contributed by atoms with E-state index in [2.05, 4.69) is 14.6 Å². The Morgan fingerprint density at radius 3 is 2.89 bits per heavy atom. The van der Waals surface area contributed by atoms with Gasteiger partial charge < -0.3 is 10.6 Å². The van der Waals surface area contributed by atoms with Gasteiger partial charge in [0.1, 0.15) is 10.7 Å². The van der Waals surface area contributed by atoms with Crippen molar-refractivity contribution in [2.75, 3.05) is 25.9 Å². The SMILES string of the molecule is CN1CCCC(NS(=O)(=O)c2ccc(N)nc2)C1. The van der Waals surface area contributed by atoms with Gasteiger partial charge in [0, 0.05) is 18.8 Å². The largest absolute Gasteiger partial charge is 0.384 e. The second-order valence-electron chi connectivity index (χ2n) is 4.64. The van der Waals surface area contributed by atoms with Crippen LogP contribution < -0.4 is 10.5 Å². The Hall–Kier alpha value is -1.18. The van der Waals surface area contributed by atoms with Gasteiger partial charge in [-0.1, -0.05) is 0 Å². The van der Waals surface area contributed by atoms with Crippen LogP contribution in [0, 0.1) is 0 Å². The molecule has 1 aromatic rings. The fourth-order valence-corrected chi connectivity index (χ4v) is 3.31. The topological polar surface area (TPSA) is 88.3 Å². The van der Waals surface area contributed by atoms with E-state index < -0.39 is 10.0 Å². The highest BCUT2D eigenvalue weighted by Crippen LogP contribution is 2.13. The van der Waals surface area contributed by atoms with Gasteiger partial charge in [0.15, 0.2) is 0 Å². The number of nitrogen functional groups attached to an aromatic ring is 1. The first kappa shape index (κ1) is 13.3. The van der Waals surface area contributed by atoms with Gasteiger partial charge in [0.2, 0.25) is 10.0 Å². The summed E-state index contributed by atoms with van der Waals surface area (Å²) in [7, 11) is -1.50. The zero-order valence-corrected chi connectivity index (χ0v) is 11.2. The Morgan fingerprint density at radius 1 is 1.50 bits per heavy atom. The molecule has 1 atom stereocenters. The lowest BCUT2D eigenvalue weighted by Crippen LogP contribution is -2.46. The Labute approximate surface area is 107 Å². The third-order valence-corrected chi connectivity index (χ3v) is 4.52. The van der Waals surface area contributed by atoms with Crippen molar-refractivity contribution in [3.05, 3.63) is 18.3 Å². The van der Waals surface area contributed by atoms with Gasteiger partial charge in [-0.3, -0.25) is 0 Å². The molecule has 0 spiro atoms. The first-order valence-corrected chi connectivity index (χ1v) is 7.38. The van der Waals surface area contributed by atoms with Crippen molar-refractivity contribution in [2.45, 2.75) is 23.8 Å². The molecule has 0 radical (unpaired) electrons. The number of nitrogens with two attached hydrogens (primary N) is 1.